The van der Waals surface area contributed by atoms with Gasteiger partial charge in [0.05, 0.1) is 27.7 Å². The maximum atomic E-state index is 11.2. The molecule has 0 aliphatic carbocycles. The van der Waals surface area contributed by atoms with Gasteiger partial charge < -0.3 is 10.0 Å². The van der Waals surface area contributed by atoms with Crippen LogP contribution in [0.4, 0.5) is 11.5 Å². The Labute approximate surface area is 180 Å². The third kappa shape index (κ3) is 4.48. The molecule has 31 heavy (non-hydrogen) atoms. The lowest BCUT2D eigenvalue weighted by atomic mass is 10.0. The van der Waals surface area contributed by atoms with Crippen molar-refractivity contribution in [3.05, 3.63) is 75.8 Å². The Kier molecular flexibility index (Phi) is 5.55. The largest absolute Gasteiger partial charge is 0.387 e. The number of hydrogen-bond donors (Lipinski definition) is 1. The second kappa shape index (κ2) is 8.30. The first kappa shape index (κ1) is 20.7. The number of aliphatic hydroxyl groups is 1. The third-order valence-corrected chi connectivity index (χ3v) is 5.69. The fraction of sp³-hybridized carbons (Fsp3) is 0.304. The first-order valence-electron chi connectivity index (χ1n) is 10.1. The van der Waals surface area contributed by atoms with E-state index in [0.29, 0.717) is 41.8 Å². The van der Waals surface area contributed by atoms with E-state index in [1.807, 2.05) is 30.1 Å². The van der Waals surface area contributed by atoms with Crippen LogP contribution < -0.4 is 4.90 Å². The van der Waals surface area contributed by atoms with E-state index < -0.39 is 10.5 Å². The summed E-state index contributed by atoms with van der Waals surface area (Å²) in [5.74, 6) is 0.549. The van der Waals surface area contributed by atoms with Gasteiger partial charge in [-0.25, -0.2) is 4.98 Å². The fourth-order valence-electron chi connectivity index (χ4n) is 4.17. The highest BCUT2D eigenvalue weighted by atomic mass is 16.6. The van der Waals surface area contributed by atoms with Crippen molar-refractivity contribution in [1.82, 2.24) is 9.88 Å². The van der Waals surface area contributed by atoms with E-state index in [4.69, 9.17) is 0 Å². The highest BCUT2D eigenvalue weighted by Gasteiger charge is 2.37. The van der Waals surface area contributed by atoms with E-state index in [2.05, 4.69) is 28.1 Å². The van der Waals surface area contributed by atoms with E-state index in [0.717, 1.165) is 13.1 Å². The lowest BCUT2D eigenvalue weighted by Crippen LogP contribution is -2.44. The molecule has 2 heterocycles. The summed E-state index contributed by atoms with van der Waals surface area (Å²) < 4.78 is 0. The Morgan fingerprint density at radius 1 is 1.29 bits per heavy atom. The second-order valence-corrected chi connectivity index (χ2v) is 8.13. The molecule has 0 amide bonds. The van der Waals surface area contributed by atoms with Crippen molar-refractivity contribution in [3.8, 4) is 6.07 Å². The fourth-order valence-corrected chi connectivity index (χ4v) is 4.17. The van der Waals surface area contributed by atoms with Crippen LogP contribution in [-0.4, -0.2) is 52.2 Å². The average molecular weight is 417 g/mol. The average Bonchev–Trinajstić information content (AvgIpc) is 3.12. The van der Waals surface area contributed by atoms with E-state index in [1.54, 1.807) is 12.1 Å². The zero-order chi connectivity index (χ0) is 22.0. The molecule has 3 aromatic rings. The van der Waals surface area contributed by atoms with Crippen LogP contribution in [0, 0.1) is 21.4 Å². The number of rotatable bonds is 6. The number of hydrogen-bond acceptors (Lipinski definition) is 7. The molecule has 1 aliphatic heterocycles. The number of nitro groups is 1. The lowest BCUT2D eigenvalue weighted by molar-refractivity contribution is -0.384. The van der Waals surface area contributed by atoms with Crippen LogP contribution in [0.5, 0.6) is 0 Å². The van der Waals surface area contributed by atoms with E-state index >= 15 is 0 Å². The molecule has 158 valence electrons. The van der Waals surface area contributed by atoms with Crippen molar-refractivity contribution in [2.45, 2.75) is 18.6 Å². The number of fused-ring (bicyclic) bond motifs is 1. The number of pyridine rings is 1. The predicted octanol–water partition coefficient (Wildman–Crippen LogP) is 3.09. The highest BCUT2D eigenvalue weighted by molar-refractivity contribution is 5.88. The summed E-state index contributed by atoms with van der Waals surface area (Å²) in [5.41, 5.74) is 1.08. The van der Waals surface area contributed by atoms with Crippen LogP contribution in [0.2, 0.25) is 0 Å². The van der Waals surface area contributed by atoms with Gasteiger partial charge in [0.2, 0.25) is 0 Å². The second-order valence-electron chi connectivity index (χ2n) is 8.13. The molecule has 2 aromatic carbocycles. The topological polar surface area (TPSA) is 107 Å². The first-order chi connectivity index (χ1) is 14.9. The van der Waals surface area contributed by atoms with E-state index in [1.165, 1.54) is 17.7 Å². The Morgan fingerprint density at radius 3 is 2.77 bits per heavy atom. The van der Waals surface area contributed by atoms with Crippen LogP contribution in [0.15, 0.2) is 54.6 Å². The summed E-state index contributed by atoms with van der Waals surface area (Å²) in [7, 11) is 1.83. The first-order valence-corrected chi connectivity index (χ1v) is 10.1. The van der Waals surface area contributed by atoms with Gasteiger partial charge in [-0.05, 0) is 24.1 Å². The highest BCUT2D eigenvalue weighted by Crippen LogP contribution is 2.29. The number of likely N-dealkylation sites (tertiary alicyclic amines) is 1. The molecule has 8 heteroatoms. The number of nitrogens with zero attached hydrogens (tertiary/aromatic N) is 5. The van der Waals surface area contributed by atoms with Gasteiger partial charge in [-0.1, -0.05) is 30.3 Å². The zero-order valence-electron chi connectivity index (χ0n) is 17.2. The summed E-state index contributed by atoms with van der Waals surface area (Å²) in [5, 5.41) is 32.2. The third-order valence-electron chi connectivity index (χ3n) is 5.69. The number of anilines is 1. The van der Waals surface area contributed by atoms with E-state index in [9.17, 15) is 20.5 Å². The van der Waals surface area contributed by atoms with Crippen molar-refractivity contribution in [3.63, 3.8) is 0 Å². The van der Waals surface area contributed by atoms with Crippen LogP contribution >= 0.6 is 0 Å². The van der Waals surface area contributed by atoms with Crippen LogP contribution in [0.3, 0.4) is 0 Å². The number of aromatic nitrogens is 1. The molecular formula is C23H23N5O3. The zero-order valence-corrected chi connectivity index (χ0v) is 17.2. The van der Waals surface area contributed by atoms with Crippen LogP contribution in [0.25, 0.3) is 10.9 Å². The van der Waals surface area contributed by atoms with Gasteiger partial charge >= 0.3 is 0 Å². The Bertz CT molecular complexity index is 1160. The Balaban J connectivity index is 1.51. The molecule has 1 aromatic heterocycles. The summed E-state index contributed by atoms with van der Waals surface area (Å²) in [6, 6.07) is 18.2. The Hall–Kier alpha value is -3.54. The molecule has 8 nitrogen and oxygen atoms in total. The van der Waals surface area contributed by atoms with Gasteiger partial charge in [0.25, 0.3) is 5.69 Å². The quantitative estimate of drug-likeness (QED) is 0.485. The van der Waals surface area contributed by atoms with E-state index in [-0.39, 0.29) is 5.69 Å². The number of benzene rings is 2. The molecule has 0 bridgehead atoms. The normalized spacial score (nSPS) is 18.7. The van der Waals surface area contributed by atoms with Crippen molar-refractivity contribution in [2.75, 3.05) is 31.6 Å². The summed E-state index contributed by atoms with van der Waals surface area (Å²) in [4.78, 5) is 19.2. The summed E-state index contributed by atoms with van der Waals surface area (Å²) >= 11 is 0. The number of nitriles is 1. The Morgan fingerprint density at radius 2 is 2.06 bits per heavy atom. The minimum atomic E-state index is -0.886. The molecule has 1 aliphatic rings. The number of likely N-dealkylation sites (N-methyl/N-ethyl adjacent to an activating group) is 1. The molecular weight excluding hydrogens is 394 g/mol. The van der Waals surface area contributed by atoms with Gasteiger partial charge in [0, 0.05) is 50.7 Å². The molecule has 4 rings (SSSR count). The molecule has 0 radical (unpaired) electrons. The number of β-amino-alcohol motifs (C(OH)–C–C–N with tert-alkyl or cyclic N) is 1. The number of nitro benzene ring substituents is 1. The molecule has 1 atom stereocenters. The maximum absolute atomic E-state index is 11.2. The summed E-state index contributed by atoms with van der Waals surface area (Å²) in [6.45, 7) is 2.52. The monoisotopic (exact) mass is 417 g/mol. The molecule has 0 saturated carbocycles. The minimum Gasteiger partial charge on any atom is -0.387 e. The van der Waals surface area contributed by atoms with Gasteiger partial charge in [-0.15, -0.1) is 0 Å². The van der Waals surface area contributed by atoms with Crippen molar-refractivity contribution in [1.29, 1.82) is 5.26 Å². The van der Waals surface area contributed by atoms with Crippen LogP contribution in [-0.2, 0) is 6.54 Å². The van der Waals surface area contributed by atoms with Crippen molar-refractivity contribution >= 4 is 22.4 Å². The molecule has 1 N–H and O–H groups in total. The van der Waals surface area contributed by atoms with Crippen LogP contribution in [0.1, 0.15) is 17.5 Å². The lowest BCUT2D eigenvalue weighted by Gasteiger charge is -2.30. The minimum absolute atomic E-state index is 0.0781. The maximum Gasteiger partial charge on any atom is 0.270 e. The molecule has 0 spiro atoms. The summed E-state index contributed by atoms with van der Waals surface area (Å²) in [6.07, 6.45) is 0.648. The van der Waals surface area contributed by atoms with Crippen molar-refractivity contribution in [2.24, 2.45) is 0 Å². The van der Waals surface area contributed by atoms with Gasteiger partial charge in [0.15, 0.2) is 0 Å². The van der Waals surface area contributed by atoms with Gasteiger partial charge in [-0.3, -0.25) is 15.0 Å². The molecule has 1 unspecified atom stereocenters. The smallest absolute Gasteiger partial charge is 0.270 e. The number of non-ortho nitro benzene ring substituents is 1. The molecule has 1 saturated heterocycles. The standard InChI is InChI=1S/C23H23N5O3/c1-26(15-23(29)9-10-27(16-23)14-17-5-3-2-4-6-17)22-11-18(13-24)20-12-19(28(30)31)7-8-21(20)25-22/h2-8,11-12,29H,9-10,14-16H2,1H3. The van der Waals surface area contributed by atoms with Gasteiger partial charge in [-0.2, -0.15) is 5.26 Å². The predicted molar refractivity (Wildman–Crippen MR) is 118 cm³/mol. The van der Waals surface area contributed by atoms with Crippen molar-refractivity contribution < 1.29 is 10.0 Å². The van der Waals surface area contributed by atoms with Gasteiger partial charge in [0.1, 0.15) is 5.82 Å². The SMILES string of the molecule is CN(CC1(O)CCN(Cc2ccccc2)C1)c1cc(C#N)c2cc([N+](=O)[O-])ccc2n1. The molecule has 1 fully saturated rings.